The lowest BCUT2D eigenvalue weighted by atomic mass is 9.43. The lowest BCUT2D eigenvalue weighted by molar-refractivity contribution is -0.199. The van der Waals surface area contributed by atoms with Crippen LogP contribution in [0.3, 0.4) is 0 Å². The predicted molar refractivity (Wildman–Crippen MR) is 353 cm³/mol. The minimum Gasteiger partial charge on any atom is -0.404 e. The molecule has 7 N–H and O–H groups in total. The largest absolute Gasteiger partial charge is 0.478 e. The summed E-state index contributed by atoms with van der Waals surface area (Å²) in [5.74, 6) is -4.82. The molecular weight excluding hydrogens is 1170 g/mol. The van der Waals surface area contributed by atoms with Gasteiger partial charge < -0.3 is 60.9 Å². The Morgan fingerprint density at radius 1 is 0.641 bits per heavy atom. The van der Waals surface area contributed by atoms with Gasteiger partial charge in [0, 0.05) is 12.6 Å². The van der Waals surface area contributed by atoms with E-state index in [1.54, 1.807) is 39.8 Å². The second-order valence-electron chi connectivity index (χ2n) is 27.8. The third kappa shape index (κ3) is 18.2. The molecule has 0 radical (unpaired) electrons. The van der Waals surface area contributed by atoms with Crippen LogP contribution < -0.4 is 37.2 Å². The number of rotatable bonds is 30. The fourth-order valence-electron chi connectivity index (χ4n) is 13.1. The van der Waals surface area contributed by atoms with Crippen LogP contribution in [-0.4, -0.2) is 145 Å². The van der Waals surface area contributed by atoms with Crippen molar-refractivity contribution < 1.29 is 57.1 Å². The Labute approximate surface area is 544 Å². The zero-order valence-electron chi connectivity index (χ0n) is 56.4. The molecule has 498 valence electrons. The minimum atomic E-state index is -1.50. The molecule has 8 rings (SSSR count). The van der Waals surface area contributed by atoms with Gasteiger partial charge in [0.1, 0.15) is 35.7 Å². The molecule has 3 saturated carbocycles. The van der Waals surface area contributed by atoms with Crippen LogP contribution in [-0.2, 0) is 64.3 Å². The highest BCUT2D eigenvalue weighted by molar-refractivity contribution is 6.46. The third-order valence-corrected chi connectivity index (χ3v) is 18.2. The zero-order valence-corrected chi connectivity index (χ0v) is 56.4. The van der Waals surface area contributed by atoms with E-state index in [0.29, 0.717) is 11.5 Å². The van der Waals surface area contributed by atoms with Crippen molar-refractivity contribution in [3.63, 3.8) is 0 Å². The summed E-state index contributed by atoms with van der Waals surface area (Å²) in [5, 5.41) is 19.6. The molecule has 4 aromatic carbocycles. The van der Waals surface area contributed by atoms with Crippen LogP contribution in [0.5, 0.6) is 0 Å². The quantitative estimate of drug-likeness (QED) is 0.0155. The Morgan fingerprint density at radius 2 is 1.21 bits per heavy atom. The molecule has 20 nitrogen and oxygen atoms in total. The molecule has 92 heavy (non-hydrogen) atoms. The van der Waals surface area contributed by atoms with Gasteiger partial charge >= 0.3 is 7.12 Å². The van der Waals surface area contributed by atoms with Gasteiger partial charge in [-0.15, -0.1) is 0 Å². The summed E-state index contributed by atoms with van der Waals surface area (Å²) in [5.41, 5.74) is 0.444. The van der Waals surface area contributed by atoms with E-state index in [4.69, 9.17) is 18.8 Å². The predicted octanol–water partition coefficient (Wildman–Crippen LogP) is 7.25. The Hall–Kier alpha value is -7.46. The lowest BCUT2D eigenvalue weighted by Crippen LogP contribution is -2.65. The summed E-state index contributed by atoms with van der Waals surface area (Å²) < 4.78 is 25.2. The lowest BCUT2D eigenvalue weighted by Gasteiger charge is -2.64. The van der Waals surface area contributed by atoms with Gasteiger partial charge in [0.2, 0.25) is 41.4 Å². The molecule has 4 aromatic rings. The zero-order chi connectivity index (χ0) is 67.3. The van der Waals surface area contributed by atoms with Gasteiger partial charge in [0.25, 0.3) is 5.91 Å². The fourth-order valence-corrected chi connectivity index (χ4v) is 13.1. The van der Waals surface area contributed by atoms with Crippen LogP contribution in [0.15, 0.2) is 115 Å². The molecule has 0 aromatic heterocycles. The van der Waals surface area contributed by atoms with Gasteiger partial charge in [-0.1, -0.05) is 143 Å². The Balaban J connectivity index is 1.04. The minimum absolute atomic E-state index is 0.0743. The summed E-state index contributed by atoms with van der Waals surface area (Å²) in [7, 11) is 0.564. The molecule has 8 amide bonds. The molecule has 1 saturated heterocycles. The second kappa shape index (κ2) is 31.0. The molecule has 4 aliphatic rings. The monoisotopic (exact) mass is 1270 g/mol. The average molecular weight is 1270 g/mol. The standard InChI is InChI=1S/C71H99BN8O12/c1-15-16-17-21-28-48-35-37-49(38-36-48)63(85)78-55(43-89-67(5,6)7)65(87)75-45(2)61(83)73-42-59(82)80(14)60(47(4)90-68(8,9)10)66(88)76-46(3)62(84)77-54(64(86)74-44-72-91-57-40-53-39-56(69(53,11)12)70(57,13)92-72)41-58(81)79-71(50-29-22-18-23-30-50,51-31-24-19-25-32-51)52-33-26-20-27-34-52/h18-20,22-27,29-38,45-47,53-57,60H,15-17,21,28,39-44H2,1-14H3,(H,73,83)(H,74,86)(H,75,87)(H,76,88)(H,77,84)(H,78,85)(H,79,81)/t45-,46+,47?,53+,54+,55-,56+,57-,60+,70+/m1/s1. The Bertz CT molecular complexity index is 3080. The summed E-state index contributed by atoms with van der Waals surface area (Å²) in [6.45, 7) is 23.1. The van der Waals surface area contributed by atoms with E-state index < -0.39 is 126 Å². The van der Waals surface area contributed by atoms with Crippen molar-refractivity contribution in [2.24, 2.45) is 17.3 Å². The third-order valence-electron chi connectivity index (χ3n) is 18.2. The van der Waals surface area contributed by atoms with Crippen molar-refractivity contribution in [2.45, 2.75) is 206 Å². The van der Waals surface area contributed by atoms with Gasteiger partial charge in [-0.2, -0.15) is 0 Å². The number of amides is 8. The van der Waals surface area contributed by atoms with Gasteiger partial charge in [0.05, 0.1) is 55.0 Å². The van der Waals surface area contributed by atoms with Gasteiger partial charge in [-0.3, -0.25) is 38.4 Å². The van der Waals surface area contributed by atoms with Crippen LogP contribution in [0.4, 0.5) is 0 Å². The maximum atomic E-state index is 14.9. The number of hydrogen-bond donors (Lipinski definition) is 7. The number of hydrogen-bond acceptors (Lipinski definition) is 12. The van der Waals surface area contributed by atoms with Crippen LogP contribution in [0, 0.1) is 17.3 Å². The number of carbonyl (C=O) groups excluding carboxylic acids is 8. The van der Waals surface area contributed by atoms with Crippen LogP contribution in [0.25, 0.3) is 0 Å². The van der Waals surface area contributed by atoms with Crippen molar-refractivity contribution >= 4 is 54.4 Å². The molecule has 3 aliphatic carbocycles. The van der Waals surface area contributed by atoms with Crippen molar-refractivity contribution in [1.29, 1.82) is 0 Å². The molecule has 2 bridgehead atoms. The molecule has 1 aliphatic heterocycles. The van der Waals surface area contributed by atoms with E-state index >= 15 is 0 Å². The molecule has 21 heteroatoms. The van der Waals surface area contributed by atoms with Crippen molar-refractivity contribution in [1.82, 2.24) is 42.1 Å². The number of unbranched alkanes of at least 4 members (excludes halogenated alkanes) is 3. The van der Waals surface area contributed by atoms with Crippen molar-refractivity contribution in [3.05, 3.63) is 143 Å². The maximum absolute atomic E-state index is 14.9. The highest BCUT2D eigenvalue weighted by atomic mass is 16.7. The van der Waals surface area contributed by atoms with E-state index in [-0.39, 0.29) is 30.5 Å². The number of nitrogens with one attached hydrogen (secondary N) is 7. The highest BCUT2D eigenvalue weighted by Crippen LogP contribution is 2.65. The molecule has 0 spiro atoms. The number of likely N-dealkylation sites (N-methyl/N-ethyl adjacent to an activating group) is 1. The van der Waals surface area contributed by atoms with E-state index in [1.165, 1.54) is 20.9 Å². The first-order chi connectivity index (χ1) is 43.4. The van der Waals surface area contributed by atoms with E-state index in [2.05, 4.69) is 64.9 Å². The summed E-state index contributed by atoms with van der Waals surface area (Å²) in [6, 6.07) is 28.9. The maximum Gasteiger partial charge on any atom is 0.478 e. The first kappa shape index (κ1) is 72.0. The van der Waals surface area contributed by atoms with Crippen LogP contribution in [0.1, 0.15) is 168 Å². The van der Waals surface area contributed by atoms with Crippen LogP contribution >= 0.6 is 0 Å². The average Bonchev–Trinajstić information content (AvgIpc) is 1.35. The Kier molecular flexibility index (Phi) is 24.2. The SMILES string of the molecule is CCCCCCc1ccc(C(=O)N[C@H](COC(C)(C)C)C(=O)N[C@H](C)C(=O)NCC(=O)N(C)[C@H](C(=O)N[C@@H](C)C(=O)N[C@@H](CC(=O)NC(c2ccccc2)(c2ccccc2)c2ccccc2)C(=O)NCB2O[C@@H]3C[C@@H]4C[C@@H](C4(C)C)[C@]3(C)O2)C(C)OC(C)(C)C)cc1. The molecule has 1 heterocycles. The van der Waals surface area contributed by atoms with Crippen molar-refractivity contribution in [3.8, 4) is 0 Å². The number of ether oxygens (including phenoxy) is 2. The van der Waals surface area contributed by atoms with Crippen molar-refractivity contribution in [2.75, 3.05) is 26.6 Å². The topological polar surface area (TPSA) is 261 Å². The molecular formula is C71H99BN8O12. The summed E-state index contributed by atoms with van der Waals surface area (Å²) in [6.07, 6.45) is 5.44. The number of nitrogens with zero attached hydrogens (tertiary/aromatic N) is 1. The summed E-state index contributed by atoms with van der Waals surface area (Å²) in [4.78, 5) is 115. The summed E-state index contributed by atoms with van der Waals surface area (Å²) >= 11 is 0. The molecule has 10 atom stereocenters. The highest BCUT2D eigenvalue weighted by Gasteiger charge is 2.68. The van der Waals surface area contributed by atoms with Gasteiger partial charge in [0.15, 0.2) is 0 Å². The fraction of sp³-hybridized carbons (Fsp3) is 0.549. The van der Waals surface area contributed by atoms with E-state index in [9.17, 15) is 38.4 Å². The molecule has 1 unspecified atom stereocenters. The first-order valence-corrected chi connectivity index (χ1v) is 32.6. The van der Waals surface area contributed by atoms with Crippen LogP contribution in [0.2, 0.25) is 0 Å². The van der Waals surface area contributed by atoms with E-state index in [0.717, 1.165) is 72.1 Å². The number of benzene rings is 4. The van der Waals surface area contributed by atoms with Gasteiger partial charge in [-0.05, 0) is 147 Å². The first-order valence-electron chi connectivity index (χ1n) is 32.6. The normalized spacial score (nSPS) is 20.2. The van der Waals surface area contributed by atoms with E-state index in [1.807, 2.05) is 124 Å². The second-order valence-corrected chi connectivity index (χ2v) is 27.8. The van der Waals surface area contributed by atoms with Gasteiger partial charge in [-0.25, -0.2) is 0 Å². The molecule has 4 fully saturated rings. The number of carbonyl (C=O) groups is 8. The Morgan fingerprint density at radius 3 is 1.75 bits per heavy atom. The smallest absolute Gasteiger partial charge is 0.404 e. The number of aryl methyl sites for hydroxylation is 1.